The lowest BCUT2D eigenvalue weighted by Crippen LogP contribution is -2.28. The summed E-state index contributed by atoms with van der Waals surface area (Å²) in [6.07, 6.45) is 19.8. The normalized spacial score (nSPS) is 11.5. The lowest BCUT2D eigenvalue weighted by Gasteiger charge is -2.09. The number of H-pyrrole nitrogens is 1. The Balaban J connectivity index is 0.000000125. The topological polar surface area (TPSA) is 146 Å². The fourth-order valence-corrected chi connectivity index (χ4v) is 17.8. The predicted octanol–water partition coefficient (Wildman–Crippen LogP) is 24.0. The lowest BCUT2D eigenvalue weighted by molar-refractivity contribution is -0.0499. The molecule has 484 valence electrons. The average molecular weight is 1530 g/mol. The summed E-state index contributed by atoms with van der Waals surface area (Å²) in [4.78, 5) is 38.8. The van der Waals surface area contributed by atoms with Crippen LogP contribution < -0.4 is 4.18 Å². The molecular formula is C68H44Cl6F3N9O3S7. The first-order valence-corrected chi connectivity index (χ1v) is 37.0. The Labute approximate surface area is 601 Å². The van der Waals surface area contributed by atoms with Crippen molar-refractivity contribution in [1.29, 1.82) is 0 Å². The molecule has 96 heavy (non-hydrogen) atoms. The van der Waals surface area contributed by atoms with Gasteiger partial charge in [0, 0.05) is 175 Å². The van der Waals surface area contributed by atoms with E-state index in [1.807, 2.05) is 85.7 Å². The molecule has 28 heteroatoms. The van der Waals surface area contributed by atoms with Crippen LogP contribution in [0, 0.1) is 6.92 Å². The molecule has 0 aliphatic heterocycles. The number of allylic oxidation sites excluding steroid dienone is 2. The zero-order valence-electron chi connectivity index (χ0n) is 49.4. The molecule has 0 amide bonds. The van der Waals surface area contributed by atoms with Crippen molar-refractivity contribution in [3.8, 4) is 92.1 Å². The molecule has 12 nitrogen and oxygen atoms in total. The second-order valence-electron chi connectivity index (χ2n) is 20.4. The van der Waals surface area contributed by atoms with Crippen LogP contribution in [0.5, 0.6) is 5.75 Å². The van der Waals surface area contributed by atoms with Gasteiger partial charge in [-0.05, 0) is 108 Å². The highest BCUT2D eigenvalue weighted by atomic mass is 35.5. The fourth-order valence-electron chi connectivity index (χ4n) is 10.1. The number of pyridine rings is 3. The quantitative estimate of drug-likeness (QED) is 0.0638. The molecule has 0 aliphatic rings. The number of hydrogen-bond acceptors (Lipinski definition) is 15. The number of imidazole rings is 3. The van der Waals surface area contributed by atoms with E-state index in [4.69, 9.17) is 69.6 Å². The Morgan fingerprint density at radius 1 is 0.500 bits per heavy atom. The number of nitrogens with zero attached hydrogens (tertiary/aromatic N) is 8. The number of aromatic amines is 1. The summed E-state index contributed by atoms with van der Waals surface area (Å²) < 4.78 is 66.2. The van der Waals surface area contributed by atoms with Gasteiger partial charge in [0.05, 0.1) is 20.0 Å². The minimum absolute atomic E-state index is 0.227. The monoisotopic (exact) mass is 1520 g/mol. The summed E-state index contributed by atoms with van der Waals surface area (Å²) in [6, 6.07) is 34.1. The number of halogens is 9. The van der Waals surface area contributed by atoms with Gasteiger partial charge in [0.25, 0.3) is 0 Å². The highest BCUT2D eigenvalue weighted by Gasteiger charge is 2.48. The van der Waals surface area contributed by atoms with Gasteiger partial charge in [0.15, 0.2) is 17.4 Å². The van der Waals surface area contributed by atoms with E-state index < -0.39 is 15.6 Å². The number of rotatable bonds is 14. The minimum Gasteiger partial charge on any atom is -0.375 e. The van der Waals surface area contributed by atoms with Crippen molar-refractivity contribution in [2.45, 2.75) is 25.5 Å². The van der Waals surface area contributed by atoms with E-state index in [1.165, 1.54) is 28.5 Å². The average Bonchev–Trinajstić information content (AvgIpc) is 1.62. The number of nitrogens with one attached hydrogen (secondary N) is 1. The number of thiophene rings is 6. The van der Waals surface area contributed by atoms with Crippen molar-refractivity contribution < 1.29 is 25.8 Å². The van der Waals surface area contributed by atoms with Crippen molar-refractivity contribution in [1.82, 2.24) is 44.0 Å². The van der Waals surface area contributed by atoms with Crippen LogP contribution >= 0.6 is 138 Å². The molecule has 0 spiro atoms. The van der Waals surface area contributed by atoms with Crippen LogP contribution in [-0.2, 0) is 23.2 Å². The largest absolute Gasteiger partial charge is 0.534 e. The smallest absolute Gasteiger partial charge is 0.375 e. The van der Waals surface area contributed by atoms with Crippen LogP contribution in [0.1, 0.15) is 4.88 Å². The van der Waals surface area contributed by atoms with Crippen molar-refractivity contribution in [2.75, 3.05) is 0 Å². The summed E-state index contributed by atoms with van der Waals surface area (Å²) in [7, 11) is -5.64. The minimum atomic E-state index is -5.64. The van der Waals surface area contributed by atoms with E-state index in [0.29, 0.717) is 41.5 Å². The Morgan fingerprint density at radius 2 is 0.938 bits per heavy atom. The molecule has 0 radical (unpaired) electrons. The van der Waals surface area contributed by atoms with Crippen LogP contribution in [0.15, 0.2) is 206 Å². The molecule has 0 unspecified atom stereocenters. The first-order chi connectivity index (χ1) is 46.3. The van der Waals surface area contributed by atoms with Crippen molar-refractivity contribution in [2.24, 2.45) is 0 Å². The second-order valence-corrected chi connectivity index (χ2v) is 30.5. The second kappa shape index (κ2) is 29.7. The van der Waals surface area contributed by atoms with Gasteiger partial charge in [-0.3, -0.25) is 0 Å². The summed E-state index contributed by atoms with van der Waals surface area (Å²) in [5.74, 6) is 2.26. The first-order valence-electron chi connectivity index (χ1n) is 28.2. The van der Waals surface area contributed by atoms with Gasteiger partial charge in [0.1, 0.15) is 20.3 Å². The van der Waals surface area contributed by atoms with E-state index in [1.54, 1.807) is 92.7 Å². The standard InChI is InChI=1S/C23H15Cl2N3S2.C20H11Cl2N3S2.C17H14Cl2N2S.C8H4F3NO3S2/c1-2-9-28-10-8-26-22(28)21-18(15-4-3-14(24)12-19(15)25)13-20(30-21)16-5-7-27-23-17(16)6-11-29-23;21-11-1-2-12(16(22)9-11)15-10-17(27-18(15)19-23-6-7-24-19)13-3-5-25-20-14(13)4-8-26-20;1-3-7-21-8-6-20-17(21)16-14(9-11(2)22-16)13-5-4-12(18)10-15(13)19;9-8(10,11)17(13,14)15-6-1-3-12-7-5(6)2-4-16-7/h2-8,10-13H,1,9H2;1-10H,(H,23,24);3-6,8-10H,1,7H2,2H3;1-4H. The third-order valence-corrected chi connectivity index (χ3v) is 22.7. The van der Waals surface area contributed by atoms with E-state index in [-0.39, 0.29) is 11.1 Å². The summed E-state index contributed by atoms with van der Waals surface area (Å²) in [6.45, 7) is 11.2. The summed E-state index contributed by atoms with van der Waals surface area (Å²) in [5.41, 5.74) is 2.87. The summed E-state index contributed by atoms with van der Waals surface area (Å²) >= 11 is 47.3. The van der Waals surface area contributed by atoms with Gasteiger partial charge in [-0.1, -0.05) is 100.0 Å². The number of aromatic nitrogens is 9. The Kier molecular flexibility index (Phi) is 21.2. The zero-order chi connectivity index (χ0) is 67.4. The van der Waals surface area contributed by atoms with Crippen LogP contribution in [0.25, 0.3) is 117 Å². The maximum Gasteiger partial charge on any atom is 0.534 e. The molecule has 3 aromatic carbocycles. The molecule has 12 aromatic heterocycles. The molecule has 0 aliphatic carbocycles. The zero-order valence-corrected chi connectivity index (χ0v) is 59.6. The molecule has 0 bridgehead atoms. The van der Waals surface area contributed by atoms with E-state index in [2.05, 4.69) is 122 Å². The number of alkyl halides is 3. The molecule has 0 fully saturated rings. The van der Waals surface area contributed by atoms with Crippen molar-refractivity contribution in [3.63, 3.8) is 0 Å². The van der Waals surface area contributed by atoms with Gasteiger partial charge >= 0.3 is 15.6 Å². The van der Waals surface area contributed by atoms with Gasteiger partial charge in [-0.2, -0.15) is 21.6 Å². The SMILES string of the molecule is C=CCn1ccnc1-c1sc(-c2ccnc3sccc23)cc1-c1ccc(Cl)cc1Cl.C=CCn1ccnc1-c1sc(C)cc1-c1ccc(Cl)cc1Cl.Clc1ccc(-c2cc(-c3ccnc4sccc34)sc2-c2ncc[nH]2)c(Cl)c1.O=S(=O)(Oc1ccnc2sccc12)C(F)(F)F. The number of benzene rings is 3. The van der Waals surface area contributed by atoms with Crippen molar-refractivity contribution in [3.05, 3.63) is 241 Å². The third-order valence-electron chi connectivity index (χ3n) is 14.3. The molecule has 1 N–H and O–H groups in total. The molecule has 12 heterocycles. The maximum atomic E-state index is 12.1. The fraction of sp³-hybridized carbons (Fsp3) is 0.0588. The number of aryl methyl sites for hydroxylation is 1. The summed E-state index contributed by atoms with van der Waals surface area (Å²) in [5, 5.41) is 12.0. The predicted molar refractivity (Wildman–Crippen MR) is 397 cm³/mol. The van der Waals surface area contributed by atoms with Gasteiger partial charge in [-0.15, -0.1) is 81.2 Å². The molecule has 15 aromatic rings. The first kappa shape index (κ1) is 68.4. The lowest BCUT2D eigenvalue weighted by atomic mass is 10.0. The molecule has 0 atom stereocenters. The maximum absolute atomic E-state index is 12.1. The molecular weight excluding hydrogens is 1480 g/mol. The molecule has 0 saturated carbocycles. The van der Waals surface area contributed by atoms with Crippen LogP contribution in [0.2, 0.25) is 30.1 Å². The van der Waals surface area contributed by atoms with E-state index in [9.17, 15) is 21.6 Å². The Morgan fingerprint density at radius 3 is 1.40 bits per heavy atom. The van der Waals surface area contributed by atoms with Crippen LogP contribution in [0.3, 0.4) is 0 Å². The van der Waals surface area contributed by atoms with Crippen LogP contribution in [-0.4, -0.2) is 57.9 Å². The Bertz CT molecular complexity index is 5440. The Hall–Kier alpha value is -7.52. The highest BCUT2D eigenvalue weighted by molar-refractivity contribution is 7.88. The van der Waals surface area contributed by atoms with Gasteiger partial charge in [-0.25, -0.2) is 29.9 Å². The van der Waals surface area contributed by atoms with Crippen LogP contribution in [0.4, 0.5) is 13.2 Å². The number of hydrogen-bond donors (Lipinski definition) is 1. The van der Waals surface area contributed by atoms with E-state index >= 15 is 0 Å². The molecule has 0 saturated heterocycles. The van der Waals surface area contributed by atoms with Gasteiger partial charge < -0.3 is 18.3 Å². The van der Waals surface area contributed by atoms with Crippen molar-refractivity contribution >= 4 is 178 Å². The van der Waals surface area contributed by atoms with E-state index in [0.717, 1.165) is 119 Å². The third kappa shape index (κ3) is 14.8. The highest BCUT2D eigenvalue weighted by Crippen LogP contribution is 2.49. The molecule has 15 rings (SSSR count). The number of fused-ring (bicyclic) bond motifs is 3. The van der Waals surface area contributed by atoms with Gasteiger partial charge in [0.2, 0.25) is 0 Å².